The fourth-order valence-electron chi connectivity index (χ4n) is 1.99. The van der Waals surface area contributed by atoms with Gasteiger partial charge < -0.3 is 10.1 Å². The van der Waals surface area contributed by atoms with Crippen LogP contribution in [0.15, 0.2) is 18.3 Å². The van der Waals surface area contributed by atoms with Gasteiger partial charge in [0.2, 0.25) is 0 Å². The van der Waals surface area contributed by atoms with Crippen molar-refractivity contribution in [2.24, 2.45) is 0 Å². The Bertz CT molecular complexity index is 756. The quantitative estimate of drug-likeness (QED) is 0.717. The number of hydrogen-bond acceptors (Lipinski definition) is 4. The molecule has 2 rings (SSSR count). The Morgan fingerprint density at radius 2 is 1.76 bits per heavy atom. The minimum absolute atomic E-state index is 0.0101. The van der Waals surface area contributed by atoms with Crippen LogP contribution in [-0.4, -0.2) is 21.9 Å². The fraction of sp³-hybridized carbons (Fsp3) is 0.375. The van der Waals surface area contributed by atoms with Crippen LogP contribution >= 0.6 is 0 Å². The minimum atomic E-state index is -1.24. The molecule has 1 aromatic carbocycles. The first kappa shape index (κ1) is 18.8. The molecule has 0 unspecified atom stereocenters. The maximum Gasteiger partial charge on any atom is 0.413 e. The van der Waals surface area contributed by atoms with Crippen LogP contribution in [0, 0.1) is 17.5 Å². The fourth-order valence-corrected chi connectivity index (χ4v) is 1.99. The van der Waals surface area contributed by atoms with E-state index in [0.717, 1.165) is 6.07 Å². The van der Waals surface area contributed by atoms with Gasteiger partial charge in [0.05, 0.1) is 6.20 Å². The first-order chi connectivity index (χ1) is 11.7. The summed E-state index contributed by atoms with van der Waals surface area (Å²) in [6.07, 6.45) is 0.825. The van der Waals surface area contributed by atoms with Crippen molar-refractivity contribution in [1.82, 2.24) is 15.5 Å². The molecule has 2 aromatic rings. The van der Waals surface area contributed by atoms with Gasteiger partial charge in [-0.25, -0.2) is 18.0 Å². The van der Waals surface area contributed by atoms with Crippen molar-refractivity contribution >= 4 is 11.9 Å². The molecule has 0 fully saturated rings. The number of halogens is 3. The summed E-state index contributed by atoms with van der Waals surface area (Å²) in [6, 6.07) is 1.30. The van der Waals surface area contributed by atoms with Crippen molar-refractivity contribution in [2.75, 3.05) is 5.32 Å². The molecular formula is C16H19F3N4O2. The Hall–Kier alpha value is -2.55. The summed E-state index contributed by atoms with van der Waals surface area (Å²) in [4.78, 5) is 11.8. The van der Waals surface area contributed by atoms with Crippen LogP contribution in [0.5, 0.6) is 0 Å². The van der Waals surface area contributed by atoms with E-state index in [1.165, 1.54) is 6.20 Å². The van der Waals surface area contributed by atoms with E-state index in [1.807, 2.05) is 0 Å². The van der Waals surface area contributed by atoms with Gasteiger partial charge in [-0.2, -0.15) is 5.10 Å². The molecule has 0 aliphatic carbocycles. The van der Waals surface area contributed by atoms with Crippen molar-refractivity contribution in [1.29, 1.82) is 0 Å². The van der Waals surface area contributed by atoms with Crippen molar-refractivity contribution in [3.05, 3.63) is 46.9 Å². The van der Waals surface area contributed by atoms with Gasteiger partial charge in [0.1, 0.15) is 17.2 Å². The Morgan fingerprint density at radius 3 is 2.44 bits per heavy atom. The molecule has 25 heavy (non-hydrogen) atoms. The summed E-state index contributed by atoms with van der Waals surface area (Å²) < 4.78 is 44.8. The highest BCUT2D eigenvalue weighted by Gasteiger charge is 2.18. The van der Waals surface area contributed by atoms with Crippen LogP contribution in [-0.2, 0) is 17.8 Å². The van der Waals surface area contributed by atoms with E-state index < -0.39 is 29.1 Å². The average molecular weight is 356 g/mol. The molecule has 9 heteroatoms. The monoisotopic (exact) mass is 356 g/mol. The van der Waals surface area contributed by atoms with E-state index in [-0.39, 0.29) is 18.7 Å². The number of H-pyrrole nitrogens is 1. The van der Waals surface area contributed by atoms with Crippen LogP contribution in [0.3, 0.4) is 0 Å². The Kier molecular flexibility index (Phi) is 5.68. The minimum Gasteiger partial charge on any atom is -0.444 e. The van der Waals surface area contributed by atoms with Crippen molar-refractivity contribution in [3.63, 3.8) is 0 Å². The van der Waals surface area contributed by atoms with Gasteiger partial charge in [0.15, 0.2) is 11.6 Å². The molecule has 1 aromatic heterocycles. The first-order valence-corrected chi connectivity index (χ1v) is 7.52. The van der Waals surface area contributed by atoms with E-state index in [1.54, 1.807) is 20.8 Å². The molecule has 136 valence electrons. The van der Waals surface area contributed by atoms with E-state index in [4.69, 9.17) is 4.74 Å². The van der Waals surface area contributed by atoms with Crippen LogP contribution in [0.25, 0.3) is 0 Å². The molecule has 1 amide bonds. The molecule has 0 saturated carbocycles. The SMILES string of the molecule is CC(C)(C)OC(=O)Nc1[nH]ncc1CNCc1cc(F)c(F)cc1F. The topological polar surface area (TPSA) is 79.0 Å². The zero-order chi connectivity index (χ0) is 18.6. The maximum absolute atomic E-state index is 13.6. The third kappa shape index (κ3) is 5.49. The van der Waals surface area contributed by atoms with Crippen LogP contribution in [0.1, 0.15) is 31.9 Å². The lowest BCUT2D eigenvalue weighted by Crippen LogP contribution is -2.27. The molecule has 6 nitrogen and oxygen atoms in total. The third-order valence-corrected chi connectivity index (χ3v) is 3.06. The molecule has 1 heterocycles. The number of ether oxygens (including phenoxy) is 1. The lowest BCUT2D eigenvalue weighted by molar-refractivity contribution is 0.0635. The van der Waals surface area contributed by atoms with Gasteiger partial charge in [-0.15, -0.1) is 0 Å². The summed E-state index contributed by atoms with van der Waals surface area (Å²) in [5.41, 5.74) is -0.0647. The molecule has 0 saturated heterocycles. The third-order valence-electron chi connectivity index (χ3n) is 3.06. The molecule has 0 atom stereocenters. The predicted octanol–water partition coefficient (Wildman–Crippen LogP) is 3.46. The molecule has 3 N–H and O–H groups in total. The molecule has 0 spiro atoms. The van der Waals surface area contributed by atoms with Gasteiger partial charge in [0, 0.05) is 30.3 Å². The second-order valence-corrected chi connectivity index (χ2v) is 6.36. The van der Waals surface area contributed by atoms with E-state index in [0.29, 0.717) is 17.4 Å². The summed E-state index contributed by atoms with van der Waals surface area (Å²) in [6.45, 7) is 5.38. The number of nitrogens with one attached hydrogen (secondary N) is 3. The van der Waals surface area contributed by atoms with Crippen LogP contribution in [0.2, 0.25) is 0 Å². The number of anilines is 1. The number of benzene rings is 1. The molecule has 0 radical (unpaired) electrons. The summed E-state index contributed by atoms with van der Waals surface area (Å²) in [7, 11) is 0. The highest BCUT2D eigenvalue weighted by Crippen LogP contribution is 2.16. The lowest BCUT2D eigenvalue weighted by atomic mass is 10.2. The molecule has 0 aliphatic rings. The number of carbonyl (C=O) groups excluding carboxylic acids is 1. The molecule has 0 bridgehead atoms. The molecular weight excluding hydrogens is 337 g/mol. The Morgan fingerprint density at radius 1 is 1.12 bits per heavy atom. The Labute approximate surface area is 142 Å². The van der Waals surface area contributed by atoms with E-state index in [2.05, 4.69) is 20.8 Å². The first-order valence-electron chi connectivity index (χ1n) is 7.52. The number of amides is 1. The highest BCUT2D eigenvalue weighted by atomic mass is 19.2. The van der Waals surface area contributed by atoms with Crippen molar-refractivity contribution < 1.29 is 22.7 Å². The number of aromatic amines is 1. The summed E-state index contributed by atoms with van der Waals surface area (Å²) >= 11 is 0. The zero-order valence-electron chi connectivity index (χ0n) is 14.0. The smallest absolute Gasteiger partial charge is 0.413 e. The number of rotatable bonds is 5. The van der Waals surface area contributed by atoms with E-state index >= 15 is 0 Å². The van der Waals surface area contributed by atoms with E-state index in [9.17, 15) is 18.0 Å². The zero-order valence-corrected chi connectivity index (χ0v) is 14.0. The van der Waals surface area contributed by atoms with Gasteiger partial charge in [0.25, 0.3) is 0 Å². The predicted molar refractivity (Wildman–Crippen MR) is 85.3 cm³/mol. The van der Waals surface area contributed by atoms with Crippen molar-refractivity contribution in [2.45, 2.75) is 39.5 Å². The maximum atomic E-state index is 13.6. The Balaban J connectivity index is 1.93. The summed E-state index contributed by atoms with van der Waals surface area (Å²) in [5.74, 6) is -2.87. The van der Waals surface area contributed by atoms with Crippen molar-refractivity contribution in [3.8, 4) is 0 Å². The van der Waals surface area contributed by atoms with Crippen LogP contribution < -0.4 is 10.6 Å². The molecule has 0 aliphatic heterocycles. The number of hydrogen-bond donors (Lipinski definition) is 3. The summed E-state index contributed by atoms with van der Waals surface area (Å²) in [5, 5.41) is 11.8. The van der Waals surface area contributed by atoms with Gasteiger partial charge in [-0.1, -0.05) is 0 Å². The average Bonchev–Trinajstić information content (AvgIpc) is 2.89. The second kappa shape index (κ2) is 7.56. The number of carbonyl (C=O) groups is 1. The standard InChI is InChI=1S/C16H19F3N4O2/c1-16(2,3)25-15(24)22-14-10(8-21-23-14)7-20-6-9-4-12(18)13(19)5-11(9)17/h4-5,8,20H,6-7H2,1-3H3,(H2,21,22,23,24). The van der Waals surface area contributed by atoms with Gasteiger partial charge in [-0.3, -0.25) is 10.4 Å². The lowest BCUT2D eigenvalue weighted by Gasteiger charge is -2.19. The largest absolute Gasteiger partial charge is 0.444 e. The van der Waals surface area contributed by atoms with Gasteiger partial charge >= 0.3 is 6.09 Å². The van der Waals surface area contributed by atoms with Gasteiger partial charge in [-0.05, 0) is 26.8 Å². The van der Waals surface area contributed by atoms with Crippen LogP contribution in [0.4, 0.5) is 23.8 Å². The number of aromatic nitrogens is 2. The highest BCUT2D eigenvalue weighted by molar-refractivity contribution is 5.84. The second-order valence-electron chi connectivity index (χ2n) is 6.36. The normalized spacial score (nSPS) is 11.4. The number of nitrogens with zero attached hydrogens (tertiary/aromatic N) is 1.